The Morgan fingerprint density at radius 1 is 1.13 bits per heavy atom. The first kappa shape index (κ1) is 20.9. The van der Waals surface area contributed by atoms with E-state index in [4.69, 9.17) is 9.47 Å². The largest absolute Gasteiger partial charge is 0.497 e. The van der Waals surface area contributed by atoms with Gasteiger partial charge in [0.2, 0.25) is 0 Å². The molecule has 0 saturated carbocycles. The van der Waals surface area contributed by atoms with Crippen molar-refractivity contribution in [2.24, 2.45) is 0 Å². The fraction of sp³-hybridized carbons (Fsp3) is 0.333. The van der Waals surface area contributed by atoms with Gasteiger partial charge in [-0.3, -0.25) is 9.89 Å². The van der Waals surface area contributed by atoms with Gasteiger partial charge in [0.25, 0.3) is 5.91 Å². The monoisotopic (exact) mass is 421 g/mol. The number of hydrogen-bond acceptors (Lipinski definition) is 5. The molecule has 2 heterocycles. The third-order valence-corrected chi connectivity index (χ3v) is 6.01. The standard InChI is InChI=1S/C24H27N3O4/c1-15-5-7-17(8-6-15)24(29)11-12-27(14-24)23(28)22-16(2)21(25-26-22)19-13-18(30-3)9-10-20(19)31-4/h5-10,13,29H,11-12,14H2,1-4H3,(H,25,26)/t24-/m1/s1. The third kappa shape index (κ3) is 3.77. The number of H-pyrrole nitrogens is 1. The fourth-order valence-corrected chi connectivity index (χ4v) is 4.09. The van der Waals surface area contributed by atoms with Crippen LogP contribution in [-0.4, -0.2) is 53.4 Å². The number of nitrogens with zero attached hydrogens (tertiary/aromatic N) is 2. The number of aliphatic hydroxyl groups is 1. The number of nitrogens with one attached hydrogen (secondary N) is 1. The second kappa shape index (κ2) is 8.07. The van der Waals surface area contributed by atoms with Crippen molar-refractivity contribution in [2.45, 2.75) is 25.9 Å². The van der Waals surface area contributed by atoms with Crippen molar-refractivity contribution < 1.29 is 19.4 Å². The topological polar surface area (TPSA) is 87.7 Å². The lowest BCUT2D eigenvalue weighted by atomic mass is 9.92. The van der Waals surface area contributed by atoms with E-state index in [9.17, 15) is 9.90 Å². The van der Waals surface area contributed by atoms with Gasteiger partial charge in [-0.1, -0.05) is 29.8 Å². The first-order chi connectivity index (χ1) is 14.9. The zero-order chi connectivity index (χ0) is 22.2. The second-order valence-corrected chi connectivity index (χ2v) is 8.01. The number of aromatic amines is 1. The van der Waals surface area contributed by atoms with Crippen LogP contribution in [0.15, 0.2) is 42.5 Å². The number of ether oxygens (including phenoxy) is 2. The molecule has 1 aliphatic rings. The highest BCUT2D eigenvalue weighted by Crippen LogP contribution is 2.36. The molecule has 162 valence electrons. The molecule has 0 aliphatic carbocycles. The lowest BCUT2D eigenvalue weighted by Crippen LogP contribution is -2.34. The third-order valence-electron chi connectivity index (χ3n) is 6.01. The quantitative estimate of drug-likeness (QED) is 0.659. The van der Waals surface area contributed by atoms with Crippen LogP contribution in [-0.2, 0) is 5.60 Å². The van der Waals surface area contributed by atoms with Gasteiger partial charge in [0.15, 0.2) is 0 Å². The molecule has 1 atom stereocenters. The summed E-state index contributed by atoms with van der Waals surface area (Å²) in [5, 5.41) is 18.4. The molecule has 0 bridgehead atoms. The number of β-amino-alcohol motifs (C(OH)–C–C–N with tert-alkyl or cyclic N) is 1. The molecule has 0 unspecified atom stereocenters. The molecule has 1 aromatic heterocycles. The highest BCUT2D eigenvalue weighted by molar-refractivity contribution is 5.96. The average Bonchev–Trinajstić information content (AvgIpc) is 3.37. The van der Waals surface area contributed by atoms with Crippen LogP contribution in [0.1, 0.15) is 33.6 Å². The summed E-state index contributed by atoms with van der Waals surface area (Å²) in [4.78, 5) is 14.9. The maximum absolute atomic E-state index is 13.3. The first-order valence-corrected chi connectivity index (χ1v) is 10.2. The molecule has 1 amide bonds. The molecule has 0 spiro atoms. The number of hydrogen-bond donors (Lipinski definition) is 2. The van der Waals surface area contributed by atoms with Crippen molar-refractivity contribution in [3.63, 3.8) is 0 Å². The Kier molecular flexibility index (Phi) is 5.45. The van der Waals surface area contributed by atoms with Gasteiger partial charge in [-0.05, 0) is 44.0 Å². The number of carbonyl (C=O) groups is 1. The van der Waals surface area contributed by atoms with Gasteiger partial charge in [0.1, 0.15) is 22.8 Å². The Morgan fingerprint density at radius 3 is 2.55 bits per heavy atom. The van der Waals surface area contributed by atoms with E-state index in [2.05, 4.69) is 10.2 Å². The Hall–Kier alpha value is -3.32. The van der Waals surface area contributed by atoms with Crippen LogP contribution >= 0.6 is 0 Å². The van der Waals surface area contributed by atoms with Gasteiger partial charge in [0, 0.05) is 17.7 Å². The summed E-state index contributed by atoms with van der Waals surface area (Å²) in [6, 6.07) is 13.3. The molecule has 7 nitrogen and oxygen atoms in total. The Bertz CT molecular complexity index is 1110. The maximum atomic E-state index is 13.3. The summed E-state index contributed by atoms with van der Waals surface area (Å²) in [6.07, 6.45) is 0.492. The highest BCUT2D eigenvalue weighted by atomic mass is 16.5. The van der Waals surface area contributed by atoms with Crippen molar-refractivity contribution in [1.82, 2.24) is 15.1 Å². The van der Waals surface area contributed by atoms with E-state index in [1.807, 2.05) is 56.3 Å². The van der Waals surface area contributed by atoms with Crippen molar-refractivity contribution in [1.29, 1.82) is 0 Å². The predicted molar refractivity (Wildman–Crippen MR) is 117 cm³/mol. The van der Waals surface area contributed by atoms with Crippen LogP contribution in [0.3, 0.4) is 0 Å². The lowest BCUT2D eigenvalue weighted by molar-refractivity contribution is 0.0415. The molecule has 2 N–H and O–H groups in total. The number of likely N-dealkylation sites (tertiary alicyclic amines) is 1. The van der Waals surface area contributed by atoms with Crippen LogP contribution in [0.4, 0.5) is 0 Å². The fourth-order valence-electron chi connectivity index (χ4n) is 4.09. The van der Waals surface area contributed by atoms with E-state index >= 15 is 0 Å². The number of carbonyl (C=O) groups excluding carboxylic acids is 1. The minimum Gasteiger partial charge on any atom is -0.497 e. The van der Waals surface area contributed by atoms with E-state index in [-0.39, 0.29) is 12.5 Å². The SMILES string of the molecule is COc1ccc(OC)c(-c2n[nH]c(C(=O)N3CC[C@](O)(c4ccc(C)cc4)C3)c2C)c1. The molecule has 4 rings (SSSR count). The number of benzene rings is 2. The molecule has 31 heavy (non-hydrogen) atoms. The van der Waals surface area contributed by atoms with Gasteiger partial charge >= 0.3 is 0 Å². The Balaban J connectivity index is 1.60. The van der Waals surface area contributed by atoms with Crippen LogP contribution in [0.5, 0.6) is 11.5 Å². The molecule has 1 aliphatic heterocycles. The van der Waals surface area contributed by atoms with E-state index in [1.165, 1.54) is 0 Å². The van der Waals surface area contributed by atoms with Crippen molar-refractivity contribution >= 4 is 5.91 Å². The van der Waals surface area contributed by atoms with Crippen molar-refractivity contribution in [3.8, 4) is 22.8 Å². The minimum absolute atomic E-state index is 0.179. The smallest absolute Gasteiger partial charge is 0.272 e. The van der Waals surface area contributed by atoms with E-state index in [0.717, 1.165) is 22.3 Å². The number of amides is 1. The molecule has 1 saturated heterocycles. The predicted octanol–water partition coefficient (Wildman–Crippen LogP) is 3.44. The van der Waals surface area contributed by atoms with E-state index < -0.39 is 5.60 Å². The van der Waals surface area contributed by atoms with Gasteiger partial charge in [-0.25, -0.2) is 0 Å². The average molecular weight is 421 g/mol. The van der Waals surface area contributed by atoms with Crippen LogP contribution < -0.4 is 9.47 Å². The number of aryl methyl sites for hydroxylation is 1. The normalized spacial score (nSPS) is 18.3. The molecule has 2 aromatic carbocycles. The van der Waals surface area contributed by atoms with Gasteiger partial charge in [0.05, 0.1) is 26.5 Å². The number of methoxy groups -OCH3 is 2. The molecule has 3 aromatic rings. The van der Waals surface area contributed by atoms with Crippen molar-refractivity contribution in [2.75, 3.05) is 27.3 Å². The molecule has 0 radical (unpaired) electrons. The van der Waals surface area contributed by atoms with Gasteiger partial charge < -0.3 is 19.5 Å². The number of aromatic nitrogens is 2. The number of rotatable bonds is 5. The van der Waals surface area contributed by atoms with Gasteiger partial charge in [-0.15, -0.1) is 0 Å². The van der Waals surface area contributed by atoms with Crippen LogP contribution in [0, 0.1) is 13.8 Å². The van der Waals surface area contributed by atoms with Crippen molar-refractivity contribution in [3.05, 3.63) is 64.8 Å². The zero-order valence-electron chi connectivity index (χ0n) is 18.2. The second-order valence-electron chi connectivity index (χ2n) is 8.01. The van der Waals surface area contributed by atoms with E-state index in [0.29, 0.717) is 35.9 Å². The molecule has 1 fully saturated rings. The molecule has 7 heteroatoms. The first-order valence-electron chi connectivity index (χ1n) is 10.2. The minimum atomic E-state index is -1.05. The highest BCUT2D eigenvalue weighted by Gasteiger charge is 2.40. The Morgan fingerprint density at radius 2 is 1.87 bits per heavy atom. The summed E-state index contributed by atoms with van der Waals surface area (Å²) in [7, 11) is 3.19. The summed E-state index contributed by atoms with van der Waals surface area (Å²) in [6.45, 7) is 4.58. The maximum Gasteiger partial charge on any atom is 0.272 e. The molecular formula is C24H27N3O4. The molecular weight excluding hydrogens is 394 g/mol. The summed E-state index contributed by atoms with van der Waals surface area (Å²) >= 11 is 0. The van der Waals surface area contributed by atoms with Crippen LogP contribution in [0.25, 0.3) is 11.3 Å². The summed E-state index contributed by atoms with van der Waals surface area (Å²) < 4.78 is 10.8. The van der Waals surface area contributed by atoms with E-state index in [1.54, 1.807) is 19.1 Å². The zero-order valence-corrected chi connectivity index (χ0v) is 18.2. The van der Waals surface area contributed by atoms with Crippen LogP contribution in [0.2, 0.25) is 0 Å². The summed E-state index contributed by atoms with van der Waals surface area (Å²) in [5.74, 6) is 1.14. The van der Waals surface area contributed by atoms with Gasteiger partial charge in [-0.2, -0.15) is 5.10 Å². The summed E-state index contributed by atoms with van der Waals surface area (Å²) in [5.41, 5.74) is 3.42. The lowest BCUT2D eigenvalue weighted by Gasteiger charge is -2.24. The Labute approximate surface area is 181 Å².